The lowest BCUT2D eigenvalue weighted by molar-refractivity contribution is 0.129. The van der Waals surface area contributed by atoms with Gasteiger partial charge in [0.15, 0.2) is 0 Å². The Bertz CT molecular complexity index is 1210. The Balaban J connectivity index is 1.73. The van der Waals surface area contributed by atoms with E-state index in [0.29, 0.717) is 18.0 Å². The van der Waals surface area contributed by atoms with Crippen molar-refractivity contribution in [2.75, 3.05) is 6.54 Å². The number of thiophene rings is 1. The largest absolute Gasteiger partial charge is 0.465 e. The minimum atomic E-state index is -0.937. The number of pyridine rings is 1. The molecule has 0 aliphatic carbocycles. The molecule has 3 aromatic heterocycles. The normalized spacial score (nSPS) is 15.8. The van der Waals surface area contributed by atoms with E-state index in [0.717, 1.165) is 37.7 Å². The van der Waals surface area contributed by atoms with E-state index in [9.17, 15) is 9.90 Å². The number of hydrogen-bond donors (Lipinski definition) is 2. The van der Waals surface area contributed by atoms with E-state index in [1.54, 1.807) is 29.9 Å². The molecule has 150 valence electrons. The van der Waals surface area contributed by atoms with Gasteiger partial charge < -0.3 is 5.11 Å². The van der Waals surface area contributed by atoms with Gasteiger partial charge >= 0.3 is 6.09 Å². The number of rotatable bonds is 3. The molecule has 0 spiro atoms. The van der Waals surface area contributed by atoms with Crippen LogP contribution < -0.4 is 0 Å². The number of carbonyl (C=O) groups is 1. The van der Waals surface area contributed by atoms with Crippen molar-refractivity contribution in [1.82, 2.24) is 20.1 Å². The van der Waals surface area contributed by atoms with Crippen molar-refractivity contribution < 1.29 is 9.90 Å². The molecule has 0 fully saturated rings. The summed E-state index contributed by atoms with van der Waals surface area (Å²) in [4.78, 5) is 19.8. The van der Waals surface area contributed by atoms with Crippen molar-refractivity contribution in [2.45, 2.75) is 12.5 Å². The van der Waals surface area contributed by atoms with Gasteiger partial charge in [0.1, 0.15) is 0 Å². The number of nitrogens with zero attached hydrogens (tertiary/aromatic N) is 3. The lowest BCUT2D eigenvalue weighted by Crippen LogP contribution is -2.39. The van der Waals surface area contributed by atoms with Gasteiger partial charge in [-0.2, -0.15) is 5.10 Å². The minimum absolute atomic E-state index is 0.413. The second-order valence-corrected chi connectivity index (χ2v) is 8.56. The summed E-state index contributed by atoms with van der Waals surface area (Å²) in [6, 6.07) is 13.2. The van der Waals surface area contributed by atoms with Crippen molar-refractivity contribution in [3.05, 3.63) is 82.8 Å². The van der Waals surface area contributed by atoms with Crippen LogP contribution in [0.5, 0.6) is 0 Å². The van der Waals surface area contributed by atoms with Gasteiger partial charge in [0, 0.05) is 40.6 Å². The molecule has 1 aliphatic heterocycles. The summed E-state index contributed by atoms with van der Waals surface area (Å²) in [7, 11) is 0. The number of halogens is 1. The number of carboxylic acid groups (broad SMARTS) is 1. The summed E-state index contributed by atoms with van der Waals surface area (Å²) in [5.41, 5.74) is 4.88. The molecule has 4 heterocycles. The zero-order valence-corrected chi connectivity index (χ0v) is 17.3. The molecule has 1 atom stereocenters. The summed E-state index contributed by atoms with van der Waals surface area (Å²) in [5, 5.41) is 17.8. The van der Waals surface area contributed by atoms with E-state index >= 15 is 0 Å². The maximum Gasteiger partial charge on any atom is 0.408 e. The van der Waals surface area contributed by atoms with Crippen molar-refractivity contribution in [3.8, 4) is 21.0 Å². The van der Waals surface area contributed by atoms with Gasteiger partial charge in [-0.15, -0.1) is 11.3 Å². The summed E-state index contributed by atoms with van der Waals surface area (Å²) in [6.07, 6.45) is 4.92. The third-order valence-electron chi connectivity index (χ3n) is 5.34. The third-order valence-corrected chi connectivity index (χ3v) is 6.81. The third kappa shape index (κ3) is 3.26. The summed E-state index contributed by atoms with van der Waals surface area (Å²) < 4.78 is 0. The van der Waals surface area contributed by atoms with Crippen LogP contribution in [0.1, 0.15) is 22.7 Å². The maximum absolute atomic E-state index is 12.2. The Morgan fingerprint density at radius 3 is 2.70 bits per heavy atom. The summed E-state index contributed by atoms with van der Waals surface area (Å²) >= 11 is 7.83. The smallest absolute Gasteiger partial charge is 0.408 e. The Labute approximate surface area is 181 Å². The van der Waals surface area contributed by atoms with Crippen LogP contribution in [0.3, 0.4) is 0 Å². The highest BCUT2D eigenvalue weighted by molar-refractivity contribution is 7.19. The van der Waals surface area contributed by atoms with E-state index in [4.69, 9.17) is 11.6 Å². The number of nitrogens with one attached hydrogen (secondary N) is 1. The summed E-state index contributed by atoms with van der Waals surface area (Å²) in [5.74, 6) is 0. The number of aromatic amines is 1. The average molecular weight is 437 g/mol. The van der Waals surface area contributed by atoms with Crippen molar-refractivity contribution >= 4 is 29.0 Å². The first kappa shape index (κ1) is 18.8. The van der Waals surface area contributed by atoms with Gasteiger partial charge in [-0.25, -0.2) is 4.79 Å². The molecule has 2 N–H and O–H groups in total. The summed E-state index contributed by atoms with van der Waals surface area (Å²) in [6.45, 7) is 0.413. The molecule has 1 aromatic carbocycles. The van der Waals surface area contributed by atoms with Gasteiger partial charge in [-0.05, 0) is 59.5 Å². The number of benzene rings is 1. The van der Waals surface area contributed by atoms with Gasteiger partial charge in [0.2, 0.25) is 0 Å². The fraction of sp³-hybridized carbons (Fsp3) is 0.136. The topological polar surface area (TPSA) is 82.1 Å². The molecule has 8 heteroatoms. The minimum Gasteiger partial charge on any atom is -0.465 e. The molecular weight excluding hydrogens is 420 g/mol. The van der Waals surface area contributed by atoms with E-state index in [1.807, 2.05) is 36.4 Å². The monoisotopic (exact) mass is 436 g/mol. The molecule has 1 unspecified atom stereocenters. The first-order valence-electron chi connectivity index (χ1n) is 9.43. The van der Waals surface area contributed by atoms with Gasteiger partial charge in [0.05, 0.1) is 16.6 Å². The van der Waals surface area contributed by atoms with E-state index in [-0.39, 0.29) is 0 Å². The van der Waals surface area contributed by atoms with Gasteiger partial charge in [-0.1, -0.05) is 17.7 Å². The fourth-order valence-electron chi connectivity index (χ4n) is 4.00. The Kier molecular flexibility index (Phi) is 4.77. The van der Waals surface area contributed by atoms with Crippen LogP contribution in [0, 0.1) is 0 Å². The standard InChI is InChI=1S/C22H17ClN4O2S/c23-15-1-2-16-14(11-15)6-10-27(22(28)29)20(16)17-12-19(13-3-7-24-8-4-13)30-21(17)18-5-9-25-26-18/h1-5,7-9,11-12,20H,6,10H2,(H,25,26)(H,28,29). The highest BCUT2D eigenvalue weighted by atomic mass is 35.5. The van der Waals surface area contributed by atoms with Crippen LogP contribution in [0.2, 0.25) is 5.02 Å². The van der Waals surface area contributed by atoms with Crippen LogP contribution in [-0.4, -0.2) is 37.8 Å². The van der Waals surface area contributed by atoms with Crippen LogP contribution in [0.25, 0.3) is 21.0 Å². The molecule has 0 radical (unpaired) electrons. The van der Waals surface area contributed by atoms with Gasteiger partial charge in [-0.3, -0.25) is 15.0 Å². The van der Waals surface area contributed by atoms with E-state index in [1.165, 1.54) is 4.90 Å². The number of H-pyrrole nitrogens is 1. The van der Waals surface area contributed by atoms with E-state index < -0.39 is 12.1 Å². The zero-order valence-electron chi connectivity index (χ0n) is 15.7. The average Bonchev–Trinajstić information content (AvgIpc) is 3.43. The molecule has 1 aliphatic rings. The molecule has 0 saturated heterocycles. The predicted octanol–water partition coefficient (Wildman–Crippen LogP) is 5.48. The number of fused-ring (bicyclic) bond motifs is 1. The second-order valence-electron chi connectivity index (χ2n) is 7.07. The molecule has 1 amide bonds. The van der Waals surface area contributed by atoms with Crippen LogP contribution in [0.15, 0.2) is 61.1 Å². The highest BCUT2D eigenvalue weighted by Gasteiger charge is 2.35. The van der Waals surface area contributed by atoms with Crippen molar-refractivity contribution in [2.24, 2.45) is 0 Å². The second kappa shape index (κ2) is 7.59. The molecule has 6 nitrogen and oxygen atoms in total. The Morgan fingerprint density at radius 1 is 1.13 bits per heavy atom. The molecule has 0 saturated carbocycles. The van der Waals surface area contributed by atoms with E-state index in [2.05, 4.69) is 21.2 Å². The molecule has 30 heavy (non-hydrogen) atoms. The quantitative estimate of drug-likeness (QED) is 0.445. The molecule has 0 bridgehead atoms. The Morgan fingerprint density at radius 2 is 1.97 bits per heavy atom. The lowest BCUT2D eigenvalue weighted by Gasteiger charge is -2.36. The first-order chi connectivity index (χ1) is 14.6. The Hall–Kier alpha value is -3.16. The molecule has 4 aromatic rings. The van der Waals surface area contributed by atoms with Crippen LogP contribution >= 0.6 is 22.9 Å². The zero-order chi connectivity index (χ0) is 20.7. The molecule has 5 rings (SSSR count). The SMILES string of the molecule is O=C(O)N1CCc2cc(Cl)ccc2C1c1cc(-c2ccncc2)sc1-c1ccn[nH]1. The molecular formula is C22H17ClN4O2S. The first-order valence-corrected chi connectivity index (χ1v) is 10.6. The number of aromatic nitrogens is 3. The number of hydrogen-bond acceptors (Lipinski definition) is 4. The van der Waals surface area contributed by atoms with Gasteiger partial charge in [0.25, 0.3) is 0 Å². The lowest BCUT2D eigenvalue weighted by atomic mass is 9.88. The number of amides is 1. The van der Waals surface area contributed by atoms with Crippen LogP contribution in [-0.2, 0) is 6.42 Å². The van der Waals surface area contributed by atoms with Crippen molar-refractivity contribution in [3.63, 3.8) is 0 Å². The highest BCUT2D eigenvalue weighted by Crippen LogP contribution is 2.46. The maximum atomic E-state index is 12.2. The predicted molar refractivity (Wildman–Crippen MR) is 117 cm³/mol. The van der Waals surface area contributed by atoms with Crippen LogP contribution in [0.4, 0.5) is 4.79 Å². The van der Waals surface area contributed by atoms with Crippen molar-refractivity contribution in [1.29, 1.82) is 0 Å². The fourth-order valence-corrected chi connectivity index (χ4v) is 5.36.